The lowest BCUT2D eigenvalue weighted by atomic mass is 10.2. The lowest BCUT2D eigenvalue weighted by molar-refractivity contribution is -0.122. The van der Waals surface area contributed by atoms with E-state index in [4.69, 9.17) is 9.84 Å². The van der Waals surface area contributed by atoms with E-state index in [0.717, 1.165) is 17.0 Å². The second-order valence-corrected chi connectivity index (χ2v) is 4.79. The summed E-state index contributed by atoms with van der Waals surface area (Å²) in [6, 6.07) is 16.9. The minimum atomic E-state index is -0.460. The zero-order chi connectivity index (χ0) is 15.1. The number of anilines is 1. The lowest BCUT2D eigenvalue weighted by Gasteiger charge is -2.14. The van der Waals surface area contributed by atoms with Gasteiger partial charge in [-0.1, -0.05) is 36.4 Å². The molecule has 0 radical (unpaired) electrons. The average molecular weight is 285 g/mol. The number of hydrogen-bond donors (Lipinski definition) is 2. The molecule has 0 amide bonds. The molecule has 0 unspecified atom stereocenters. The van der Waals surface area contributed by atoms with Gasteiger partial charge in [-0.2, -0.15) is 0 Å². The van der Waals surface area contributed by atoms with Gasteiger partial charge >= 0.3 is 0 Å². The number of hydrogen-bond acceptors (Lipinski definition) is 4. The fourth-order valence-electron chi connectivity index (χ4n) is 1.88. The van der Waals surface area contributed by atoms with E-state index in [2.05, 4.69) is 5.32 Å². The minimum Gasteiger partial charge on any atom is -0.489 e. The molecule has 0 heterocycles. The number of ketones is 1. The van der Waals surface area contributed by atoms with E-state index in [1.54, 1.807) is 6.92 Å². The molecule has 0 saturated heterocycles. The summed E-state index contributed by atoms with van der Waals surface area (Å²) in [6.07, 6.45) is 0. The van der Waals surface area contributed by atoms with Crippen LogP contribution in [0.25, 0.3) is 0 Å². The molecule has 4 heteroatoms. The summed E-state index contributed by atoms with van der Waals surface area (Å²) in [6.45, 7) is 1.75. The Labute approximate surface area is 124 Å². The van der Waals surface area contributed by atoms with Crippen LogP contribution >= 0.6 is 0 Å². The van der Waals surface area contributed by atoms with Crippen molar-refractivity contribution in [2.45, 2.75) is 19.6 Å². The first kappa shape index (κ1) is 15.1. The van der Waals surface area contributed by atoms with E-state index < -0.39 is 12.6 Å². The van der Waals surface area contributed by atoms with Gasteiger partial charge in [0.05, 0.1) is 6.04 Å². The largest absolute Gasteiger partial charge is 0.489 e. The molecule has 110 valence electrons. The maximum atomic E-state index is 11.4. The Balaban J connectivity index is 1.96. The molecular weight excluding hydrogens is 266 g/mol. The van der Waals surface area contributed by atoms with E-state index in [1.807, 2.05) is 54.6 Å². The fourth-order valence-corrected chi connectivity index (χ4v) is 1.88. The van der Waals surface area contributed by atoms with Gasteiger partial charge in [0.1, 0.15) is 19.0 Å². The number of aliphatic hydroxyl groups excluding tert-OH is 1. The highest BCUT2D eigenvalue weighted by atomic mass is 16.5. The maximum Gasteiger partial charge on any atom is 0.179 e. The van der Waals surface area contributed by atoms with E-state index >= 15 is 0 Å². The summed E-state index contributed by atoms with van der Waals surface area (Å²) in [7, 11) is 0. The van der Waals surface area contributed by atoms with Gasteiger partial charge in [0.15, 0.2) is 5.78 Å². The third kappa shape index (κ3) is 4.61. The summed E-state index contributed by atoms with van der Waals surface area (Å²) in [5.41, 5.74) is 1.88. The lowest BCUT2D eigenvalue weighted by Crippen LogP contribution is -2.28. The van der Waals surface area contributed by atoms with Gasteiger partial charge in [0.25, 0.3) is 0 Å². The molecule has 0 bridgehead atoms. The molecule has 0 saturated carbocycles. The minimum absolute atomic E-state index is 0.245. The molecular formula is C17H19NO3. The van der Waals surface area contributed by atoms with E-state index in [9.17, 15) is 4.79 Å². The summed E-state index contributed by atoms with van der Waals surface area (Å²) in [4.78, 5) is 11.4. The van der Waals surface area contributed by atoms with Crippen molar-refractivity contribution in [2.75, 3.05) is 11.9 Å². The van der Waals surface area contributed by atoms with Crippen molar-refractivity contribution in [1.82, 2.24) is 0 Å². The maximum absolute atomic E-state index is 11.4. The molecule has 1 atom stereocenters. The van der Waals surface area contributed by atoms with Gasteiger partial charge in [0, 0.05) is 11.8 Å². The summed E-state index contributed by atoms with van der Waals surface area (Å²) < 4.78 is 5.73. The van der Waals surface area contributed by atoms with Crippen molar-refractivity contribution < 1.29 is 14.6 Å². The second-order valence-electron chi connectivity index (χ2n) is 4.79. The van der Waals surface area contributed by atoms with Gasteiger partial charge in [-0.15, -0.1) is 0 Å². The van der Waals surface area contributed by atoms with Crippen molar-refractivity contribution in [3.63, 3.8) is 0 Å². The van der Waals surface area contributed by atoms with Crippen molar-refractivity contribution >= 4 is 11.5 Å². The van der Waals surface area contributed by atoms with Gasteiger partial charge in [-0.25, -0.2) is 0 Å². The Kier molecular flexibility index (Phi) is 5.35. The van der Waals surface area contributed by atoms with Gasteiger partial charge in [0.2, 0.25) is 0 Å². The first-order chi connectivity index (χ1) is 10.2. The molecule has 21 heavy (non-hydrogen) atoms. The van der Waals surface area contributed by atoms with Crippen LogP contribution in [0.3, 0.4) is 0 Å². The van der Waals surface area contributed by atoms with Crippen molar-refractivity contribution in [3.05, 3.63) is 60.2 Å². The Morgan fingerprint density at radius 1 is 1.19 bits per heavy atom. The van der Waals surface area contributed by atoms with Crippen molar-refractivity contribution in [1.29, 1.82) is 0 Å². The average Bonchev–Trinajstić information content (AvgIpc) is 2.53. The Morgan fingerprint density at radius 2 is 1.95 bits per heavy atom. The molecule has 0 fully saturated rings. The third-order valence-electron chi connectivity index (χ3n) is 3.10. The quantitative estimate of drug-likeness (QED) is 0.821. The van der Waals surface area contributed by atoms with Crippen LogP contribution in [0.15, 0.2) is 54.6 Å². The smallest absolute Gasteiger partial charge is 0.179 e. The van der Waals surface area contributed by atoms with Crippen molar-refractivity contribution in [3.8, 4) is 5.75 Å². The zero-order valence-electron chi connectivity index (χ0n) is 12.0. The zero-order valence-corrected chi connectivity index (χ0v) is 12.0. The van der Waals surface area contributed by atoms with E-state index in [-0.39, 0.29) is 5.78 Å². The van der Waals surface area contributed by atoms with Crippen LogP contribution in [0.2, 0.25) is 0 Å². The first-order valence-electron chi connectivity index (χ1n) is 6.86. The summed E-state index contributed by atoms with van der Waals surface area (Å²) >= 11 is 0. The fraction of sp³-hybridized carbons (Fsp3) is 0.235. The highest BCUT2D eigenvalue weighted by molar-refractivity contribution is 5.87. The van der Waals surface area contributed by atoms with Crippen LogP contribution < -0.4 is 10.1 Å². The Bertz CT molecular complexity index is 584. The third-order valence-corrected chi connectivity index (χ3v) is 3.10. The molecule has 2 aromatic rings. The van der Waals surface area contributed by atoms with Crippen LogP contribution in [-0.4, -0.2) is 23.5 Å². The molecule has 0 aliphatic rings. The monoisotopic (exact) mass is 285 g/mol. The summed E-state index contributed by atoms with van der Waals surface area (Å²) in [5.74, 6) is 0.484. The van der Waals surface area contributed by atoms with Crippen LogP contribution in [0.5, 0.6) is 5.75 Å². The molecule has 2 N–H and O–H groups in total. The summed E-state index contributed by atoms with van der Waals surface area (Å²) in [5, 5.41) is 11.9. The van der Waals surface area contributed by atoms with Gasteiger partial charge in [-0.05, 0) is 24.6 Å². The molecule has 0 spiro atoms. The number of aliphatic hydroxyl groups is 1. The first-order valence-corrected chi connectivity index (χ1v) is 6.86. The molecule has 2 rings (SSSR count). The number of nitrogens with one attached hydrogen (secondary N) is 1. The normalized spacial score (nSPS) is 11.7. The van der Waals surface area contributed by atoms with Crippen molar-refractivity contribution in [2.24, 2.45) is 0 Å². The standard InChI is InChI=1S/C17H19NO3/c1-13(17(20)11-19)18-15-8-5-9-16(10-15)21-12-14-6-3-2-4-7-14/h2-10,13,18-19H,11-12H2,1H3/t13-/m1/s1. The number of benzene rings is 2. The van der Waals surface area contributed by atoms with Crippen LogP contribution in [0.1, 0.15) is 12.5 Å². The highest BCUT2D eigenvalue weighted by Gasteiger charge is 2.11. The highest BCUT2D eigenvalue weighted by Crippen LogP contribution is 2.19. The second kappa shape index (κ2) is 7.45. The molecule has 0 aliphatic heterocycles. The number of carbonyl (C=O) groups is 1. The van der Waals surface area contributed by atoms with Gasteiger partial charge < -0.3 is 15.2 Å². The van der Waals surface area contributed by atoms with Crippen LogP contribution in [-0.2, 0) is 11.4 Å². The molecule has 4 nitrogen and oxygen atoms in total. The predicted molar refractivity (Wildman–Crippen MR) is 82.4 cm³/mol. The van der Waals surface area contributed by atoms with E-state index in [1.165, 1.54) is 0 Å². The molecule has 2 aromatic carbocycles. The Hall–Kier alpha value is -2.33. The predicted octanol–water partition coefficient (Wildman–Crippen LogP) is 2.63. The topological polar surface area (TPSA) is 58.6 Å². The molecule has 0 aliphatic carbocycles. The Morgan fingerprint density at radius 3 is 2.67 bits per heavy atom. The number of carbonyl (C=O) groups excluding carboxylic acids is 1. The SMILES string of the molecule is C[C@@H](Nc1cccc(OCc2ccccc2)c1)C(=O)CO. The van der Waals surface area contributed by atoms with Crippen LogP contribution in [0, 0.1) is 0 Å². The van der Waals surface area contributed by atoms with Crippen LogP contribution in [0.4, 0.5) is 5.69 Å². The number of ether oxygens (including phenoxy) is 1. The molecule has 0 aromatic heterocycles. The van der Waals surface area contributed by atoms with E-state index in [0.29, 0.717) is 6.61 Å². The number of Topliss-reactive ketones (excluding diaryl/α,β-unsaturated/α-hetero) is 1. The number of rotatable bonds is 7. The van der Waals surface area contributed by atoms with Gasteiger partial charge in [-0.3, -0.25) is 4.79 Å².